The van der Waals surface area contributed by atoms with E-state index in [4.69, 9.17) is 0 Å². The minimum atomic E-state index is 0.789. The molecule has 0 N–H and O–H groups in total. The van der Waals surface area contributed by atoms with Gasteiger partial charge in [-0.3, -0.25) is 0 Å². The topological polar surface area (TPSA) is 6.48 Å². The monoisotopic (exact) mass is 184 g/mol. The van der Waals surface area contributed by atoms with E-state index < -0.39 is 0 Å². The van der Waals surface area contributed by atoms with E-state index >= 15 is 0 Å². The Morgan fingerprint density at radius 1 is 1.46 bits per heavy atom. The number of hydrogen-bond acceptors (Lipinski definition) is 2. The lowest BCUT2D eigenvalue weighted by Gasteiger charge is -2.26. The van der Waals surface area contributed by atoms with E-state index in [0.717, 1.165) is 12.0 Å². The van der Waals surface area contributed by atoms with Crippen LogP contribution in [0, 0.1) is 5.92 Å². The first-order valence-corrected chi connectivity index (χ1v) is 5.48. The predicted molar refractivity (Wildman–Crippen MR) is 58.0 cm³/mol. The highest BCUT2D eigenvalue weighted by atomic mass is 15.2. The normalized spacial score (nSPS) is 24.9. The Morgan fingerprint density at radius 2 is 2.15 bits per heavy atom. The second kappa shape index (κ2) is 4.97. The molecule has 0 spiro atoms. The lowest BCUT2D eigenvalue weighted by molar-refractivity contribution is 0.206. The molecular weight excluding hydrogens is 160 g/mol. The molecule has 0 radical (unpaired) electrons. The number of hydrogen-bond donors (Lipinski definition) is 0. The number of likely N-dealkylation sites (N-methyl/N-ethyl adjacent to an activating group) is 2. The maximum atomic E-state index is 2.50. The molecule has 0 saturated carbocycles. The molecule has 2 nitrogen and oxygen atoms in total. The molecule has 1 fully saturated rings. The fourth-order valence-electron chi connectivity index (χ4n) is 2.27. The van der Waals surface area contributed by atoms with Crippen LogP contribution >= 0.6 is 0 Å². The van der Waals surface area contributed by atoms with Crippen molar-refractivity contribution in [3.8, 4) is 0 Å². The molecule has 78 valence electrons. The molecule has 1 aliphatic rings. The van der Waals surface area contributed by atoms with Crippen LogP contribution in [0.4, 0.5) is 0 Å². The summed E-state index contributed by atoms with van der Waals surface area (Å²) in [6.45, 7) is 8.34. The van der Waals surface area contributed by atoms with E-state index in [9.17, 15) is 0 Å². The van der Waals surface area contributed by atoms with Crippen LogP contribution in [0.15, 0.2) is 0 Å². The van der Waals surface area contributed by atoms with Gasteiger partial charge in [-0.2, -0.15) is 0 Å². The molecule has 0 aromatic rings. The summed E-state index contributed by atoms with van der Waals surface area (Å²) in [6.07, 6.45) is 2.77. The van der Waals surface area contributed by atoms with Crippen molar-refractivity contribution < 1.29 is 0 Å². The molecule has 0 aromatic heterocycles. The van der Waals surface area contributed by atoms with Gasteiger partial charge in [0, 0.05) is 19.1 Å². The van der Waals surface area contributed by atoms with Crippen molar-refractivity contribution in [1.29, 1.82) is 0 Å². The Balaban J connectivity index is 2.22. The summed E-state index contributed by atoms with van der Waals surface area (Å²) in [7, 11) is 4.49. The molecule has 1 rings (SSSR count). The predicted octanol–water partition coefficient (Wildman–Crippen LogP) is 1.67. The first-order valence-electron chi connectivity index (χ1n) is 5.48. The highest BCUT2D eigenvalue weighted by Crippen LogP contribution is 2.15. The fraction of sp³-hybridized carbons (Fsp3) is 1.00. The van der Waals surface area contributed by atoms with E-state index in [1.807, 2.05) is 0 Å². The third-order valence-corrected chi connectivity index (χ3v) is 2.87. The van der Waals surface area contributed by atoms with Gasteiger partial charge in [-0.25, -0.2) is 0 Å². The molecule has 0 bridgehead atoms. The van der Waals surface area contributed by atoms with Crippen molar-refractivity contribution in [1.82, 2.24) is 9.80 Å². The Bertz CT molecular complexity index is 145. The van der Waals surface area contributed by atoms with Gasteiger partial charge in [0.15, 0.2) is 0 Å². The van der Waals surface area contributed by atoms with Crippen LogP contribution in [0.1, 0.15) is 26.7 Å². The largest absolute Gasteiger partial charge is 0.305 e. The Morgan fingerprint density at radius 3 is 2.62 bits per heavy atom. The van der Waals surface area contributed by atoms with E-state index in [1.54, 1.807) is 0 Å². The summed E-state index contributed by atoms with van der Waals surface area (Å²) >= 11 is 0. The van der Waals surface area contributed by atoms with Crippen LogP contribution in [0.3, 0.4) is 0 Å². The standard InChI is InChI=1S/C11H24N2/c1-10(2)8-12(3)9-11-6-5-7-13(11)4/h10-11H,5-9H2,1-4H3. The molecule has 0 amide bonds. The van der Waals surface area contributed by atoms with Gasteiger partial charge in [0.1, 0.15) is 0 Å². The second-order valence-corrected chi connectivity index (χ2v) is 4.89. The van der Waals surface area contributed by atoms with E-state index in [2.05, 4.69) is 37.7 Å². The van der Waals surface area contributed by atoms with Crippen LogP contribution in [0.25, 0.3) is 0 Å². The van der Waals surface area contributed by atoms with E-state index in [0.29, 0.717) is 0 Å². The van der Waals surface area contributed by atoms with Crippen molar-refractivity contribution in [2.24, 2.45) is 5.92 Å². The smallest absolute Gasteiger partial charge is 0.0220 e. The Hall–Kier alpha value is -0.0800. The molecule has 0 aliphatic carbocycles. The van der Waals surface area contributed by atoms with E-state index in [-0.39, 0.29) is 0 Å². The first-order chi connectivity index (χ1) is 6.09. The van der Waals surface area contributed by atoms with Crippen LogP contribution < -0.4 is 0 Å². The fourth-order valence-corrected chi connectivity index (χ4v) is 2.27. The minimum absolute atomic E-state index is 0.789. The molecule has 13 heavy (non-hydrogen) atoms. The van der Waals surface area contributed by atoms with E-state index in [1.165, 1.54) is 32.5 Å². The summed E-state index contributed by atoms with van der Waals surface area (Å²) in [5.41, 5.74) is 0. The Kier molecular flexibility index (Phi) is 4.20. The van der Waals surface area contributed by atoms with Gasteiger partial charge in [-0.1, -0.05) is 13.8 Å². The SMILES string of the molecule is CC(C)CN(C)CC1CCCN1C. The molecule has 1 atom stereocenters. The summed E-state index contributed by atoms with van der Waals surface area (Å²) in [4.78, 5) is 4.97. The van der Waals surface area contributed by atoms with Crippen molar-refractivity contribution in [3.05, 3.63) is 0 Å². The highest BCUT2D eigenvalue weighted by Gasteiger charge is 2.21. The molecule has 1 saturated heterocycles. The Labute approximate surface area is 82.9 Å². The van der Waals surface area contributed by atoms with Gasteiger partial charge in [0.25, 0.3) is 0 Å². The first kappa shape index (κ1) is 11.0. The molecule has 1 aliphatic heterocycles. The van der Waals surface area contributed by atoms with Crippen LogP contribution in [-0.2, 0) is 0 Å². The van der Waals surface area contributed by atoms with Gasteiger partial charge in [-0.15, -0.1) is 0 Å². The number of nitrogens with zero attached hydrogens (tertiary/aromatic N) is 2. The summed E-state index contributed by atoms with van der Waals surface area (Å²) in [5, 5.41) is 0. The van der Waals surface area contributed by atoms with Gasteiger partial charge < -0.3 is 9.80 Å². The van der Waals surface area contributed by atoms with Gasteiger partial charge in [0.2, 0.25) is 0 Å². The average Bonchev–Trinajstić information content (AvgIpc) is 2.34. The zero-order valence-corrected chi connectivity index (χ0v) is 9.58. The van der Waals surface area contributed by atoms with Gasteiger partial charge >= 0.3 is 0 Å². The maximum Gasteiger partial charge on any atom is 0.0220 e. The summed E-state index contributed by atoms with van der Waals surface area (Å²) in [5.74, 6) is 0.789. The van der Waals surface area contributed by atoms with Crippen molar-refractivity contribution in [3.63, 3.8) is 0 Å². The van der Waals surface area contributed by atoms with Crippen LogP contribution in [0.2, 0.25) is 0 Å². The molecule has 2 heteroatoms. The minimum Gasteiger partial charge on any atom is -0.305 e. The number of likely N-dealkylation sites (tertiary alicyclic amines) is 1. The zero-order chi connectivity index (χ0) is 9.84. The quantitative estimate of drug-likeness (QED) is 0.656. The maximum absolute atomic E-state index is 2.50. The van der Waals surface area contributed by atoms with Crippen molar-refractivity contribution in [2.75, 3.05) is 33.7 Å². The molecule has 1 heterocycles. The number of rotatable bonds is 4. The lowest BCUT2D eigenvalue weighted by atomic mass is 10.1. The molecule has 1 unspecified atom stereocenters. The second-order valence-electron chi connectivity index (χ2n) is 4.89. The third-order valence-electron chi connectivity index (χ3n) is 2.87. The van der Waals surface area contributed by atoms with Gasteiger partial charge in [-0.05, 0) is 39.4 Å². The molecular formula is C11H24N2. The highest BCUT2D eigenvalue weighted by molar-refractivity contribution is 4.78. The summed E-state index contributed by atoms with van der Waals surface area (Å²) < 4.78 is 0. The van der Waals surface area contributed by atoms with Crippen molar-refractivity contribution >= 4 is 0 Å². The lowest BCUT2D eigenvalue weighted by Crippen LogP contribution is -2.37. The van der Waals surface area contributed by atoms with Crippen LogP contribution in [0.5, 0.6) is 0 Å². The zero-order valence-electron chi connectivity index (χ0n) is 9.58. The van der Waals surface area contributed by atoms with Crippen molar-refractivity contribution in [2.45, 2.75) is 32.7 Å². The molecule has 0 aromatic carbocycles. The average molecular weight is 184 g/mol. The van der Waals surface area contributed by atoms with Gasteiger partial charge in [0.05, 0.1) is 0 Å². The third kappa shape index (κ3) is 3.65. The van der Waals surface area contributed by atoms with Crippen LogP contribution in [-0.4, -0.2) is 49.6 Å². The summed E-state index contributed by atoms with van der Waals surface area (Å²) in [6, 6.07) is 0.809.